The predicted molar refractivity (Wildman–Crippen MR) is 131 cm³/mol. The van der Waals surface area contributed by atoms with Crippen molar-refractivity contribution in [2.75, 3.05) is 37.7 Å². The molecule has 3 aliphatic rings. The molecule has 0 spiro atoms. The Morgan fingerprint density at radius 3 is 2.94 bits per heavy atom. The minimum atomic E-state index is 0.279. The van der Waals surface area contributed by atoms with E-state index in [9.17, 15) is 4.79 Å². The molecule has 8 nitrogen and oxygen atoms in total. The minimum Gasteiger partial charge on any atom is -0.379 e. The van der Waals surface area contributed by atoms with Gasteiger partial charge in [-0.05, 0) is 37.0 Å². The summed E-state index contributed by atoms with van der Waals surface area (Å²) in [7, 11) is 1.92. The molecule has 6 rings (SSSR count). The molecule has 0 bridgehead atoms. The van der Waals surface area contributed by atoms with E-state index in [2.05, 4.69) is 31.7 Å². The largest absolute Gasteiger partial charge is 0.379 e. The number of carbonyl (C=O) groups is 1. The Kier molecular flexibility index (Phi) is 5.67. The Labute approximate surface area is 204 Å². The van der Waals surface area contributed by atoms with Gasteiger partial charge in [-0.15, -0.1) is 0 Å². The van der Waals surface area contributed by atoms with E-state index < -0.39 is 0 Å². The number of aldehydes is 1. The van der Waals surface area contributed by atoms with Gasteiger partial charge in [0.2, 0.25) is 0 Å². The maximum atomic E-state index is 11.2. The zero-order valence-electron chi connectivity index (χ0n) is 19.4. The second-order valence-corrected chi connectivity index (χ2v) is 9.89. The second kappa shape index (κ2) is 8.83. The SMILES string of the molecule is Cn1cc(-c2cc3c(cc2Cl)N(c2nn([C@H]4CCOC4)c4c2CN(CC=O)CC4)CCC3)cn1. The topological polar surface area (TPSA) is 68.4 Å². The van der Waals surface area contributed by atoms with Crippen LogP contribution in [0, 0.1) is 0 Å². The average molecular weight is 481 g/mol. The lowest BCUT2D eigenvalue weighted by Crippen LogP contribution is -2.34. The number of hydrogen-bond acceptors (Lipinski definition) is 6. The summed E-state index contributed by atoms with van der Waals surface area (Å²) in [6, 6.07) is 4.59. The maximum absolute atomic E-state index is 11.2. The number of aromatic nitrogens is 4. The van der Waals surface area contributed by atoms with Gasteiger partial charge in [-0.2, -0.15) is 10.2 Å². The molecule has 3 aromatic rings. The molecule has 178 valence electrons. The first-order chi connectivity index (χ1) is 16.6. The molecule has 0 saturated carbocycles. The van der Waals surface area contributed by atoms with Gasteiger partial charge >= 0.3 is 0 Å². The highest BCUT2D eigenvalue weighted by molar-refractivity contribution is 6.33. The lowest BCUT2D eigenvalue weighted by molar-refractivity contribution is -0.109. The van der Waals surface area contributed by atoms with Crippen molar-refractivity contribution in [3.63, 3.8) is 0 Å². The predicted octanol–water partition coefficient (Wildman–Crippen LogP) is 3.54. The number of benzene rings is 1. The van der Waals surface area contributed by atoms with Gasteiger partial charge in [0.15, 0.2) is 5.82 Å². The lowest BCUT2D eigenvalue weighted by Gasteiger charge is -2.32. The molecule has 34 heavy (non-hydrogen) atoms. The molecule has 1 fully saturated rings. The Hall–Kier alpha value is -2.68. The van der Waals surface area contributed by atoms with Crippen LogP contribution in [0.15, 0.2) is 24.5 Å². The number of halogens is 1. The fourth-order valence-corrected chi connectivity index (χ4v) is 5.86. The van der Waals surface area contributed by atoms with E-state index in [4.69, 9.17) is 21.4 Å². The van der Waals surface area contributed by atoms with Crippen LogP contribution in [0.1, 0.15) is 35.7 Å². The molecule has 0 radical (unpaired) electrons. The third-order valence-electron chi connectivity index (χ3n) is 7.29. The van der Waals surface area contributed by atoms with Crippen LogP contribution >= 0.6 is 11.6 Å². The van der Waals surface area contributed by atoms with Crippen molar-refractivity contribution in [2.24, 2.45) is 7.05 Å². The van der Waals surface area contributed by atoms with E-state index in [1.165, 1.54) is 16.8 Å². The number of nitrogens with zero attached hydrogens (tertiary/aromatic N) is 6. The van der Waals surface area contributed by atoms with Gasteiger partial charge in [0.1, 0.15) is 6.29 Å². The number of ether oxygens (including phenoxy) is 1. The summed E-state index contributed by atoms with van der Waals surface area (Å²) in [4.78, 5) is 15.8. The van der Waals surface area contributed by atoms with Crippen molar-refractivity contribution < 1.29 is 9.53 Å². The average Bonchev–Trinajstić information content (AvgIpc) is 3.58. The van der Waals surface area contributed by atoms with Gasteiger partial charge in [-0.25, -0.2) is 0 Å². The van der Waals surface area contributed by atoms with Crippen LogP contribution < -0.4 is 4.90 Å². The zero-order valence-corrected chi connectivity index (χ0v) is 20.2. The van der Waals surface area contributed by atoms with Gasteiger partial charge in [-0.3, -0.25) is 14.3 Å². The summed E-state index contributed by atoms with van der Waals surface area (Å²) in [6.07, 6.45) is 8.79. The Morgan fingerprint density at radius 2 is 2.18 bits per heavy atom. The molecule has 1 atom stereocenters. The Balaban J connectivity index is 1.43. The number of aryl methyl sites for hydroxylation is 2. The summed E-state index contributed by atoms with van der Waals surface area (Å²) >= 11 is 6.82. The van der Waals surface area contributed by atoms with E-state index in [0.717, 1.165) is 85.9 Å². The van der Waals surface area contributed by atoms with Crippen LogP contribution in [0.3, 0.4) is 0 Å². The van der Waals surface area contributed by atoms with Gasteiger partial charge in [0.05, 0.1) is 30.4 Å². The molecule has 0 amide bonds. The molecule has 0 unspecified atom stereocenters. The number of anilines is 2. The number of hydrogen-bond donors (Lipinski definition) is 0. The van der Waals surface area contributed by atoms with E-state index >= 15 is 0 Å². The number of fused-ring (bicyclic) bond motifs is 2. The molecule has 1 aromatic carbocycles. The molecular formula is C25H29ClN6O2. The zero-order chi connectivity index (χ0) is 23.2. The van der Waals surface area contributed by atoms with Crippen molar-refractivity contribution in [3.05, 3.63) is 46.4 Å². The van der Waals surface area contributed by atoms with Crippen LogP contribution in [-0.2, 0) is 36.0 Å². The third-order valence-corrected chi connectivity index (χ3v) is 7.60. The Bertz CT molecular complexity index is 1230. The molecule has 0 aliphatic carbocycles. The molecule has 9 heteroatoms. The summed E-state index contributed by atoms with van der Waals surface area (Å²) in [6.45, 7) is 4.46. The third kappa shape index (κ3) is 3.74. The Morgan fingerprint density at radius 1 is 1.26 bits per heavy atom. The minimum absolute atomic E-state index is 0.279. The molecule has 1 saturated heterocycles. The van der Waals surface area contributed by atoms with E-state index in [1.54, 1.807) is 4.68 Å². The highest BCUT2D eigenvalue weighted by atomic mass is 35.5. The monoisotopic (exact) mass is 480 g/mol. The normalized spacial score (nSPS) is 20.4. The van der Waals surface area contributed by atoms with Crippen molar-refractivity contribution in [1.29, 1.82) is 0 Å². The van der Waals surface area contributed by atoms with E-state index in [-0.39, 0.29) is 6.04 Å². The van der Waals surface area contributed by atoms with Crippen LogP contribution in [0.2, 0.25) is 5.02 Å². The van der Waals surface area contributed by atoms with Gasteiger partial charge in [0.25, 0.3) is 0 Å². The van der Waals surface area contributed by atoms with Crippen LogP contribution in [0.4, 0.5) is 11.5 Å². The van der Waals surface area contributed by atoms with Crippen molar-refractivity contribution in [2.45, 2.75) is 38.3 Å². The second-order valence-electron chi connectivity index (χ2n) is 9.48. The van der Waals surface area contributed by atoms with Gasteiger partial charge in [0, 0.05) is 74.0 Å². The summed E-state index contributed by atoms with van der Waals surface area (Å²) < 4.78 is 9.71. The van der Waals surface area contributed by atoms with E-state index in [1.807, 2.05) is 19.4 Å². The van der Waals surface area contributed by atoms with E-state index in [0.29, 0.717) is 13.2 Å². The molecular weight excluding hydrogens is 452 g/mol. The number of carbonyl (C=O) groups excluding carboxylic acids is 1. The summed E-state index contributed by atoms with van der Waals surface area (Å²) in [5, 5.41) is 10.2. The van der Waals surface area contributed by atoms with Gasteiger partial charge in [-0.1, -0.05) is 11.6 Å². The molecule has 0 N–H and O–H groups in total. The van der Waals surface area contributed by atoms with Crippen molar-refractivity contribution >= 4 is 29.4 Å². The van der Waals surface area contributed by atoms with Crippen LogP contribution in [-0.4, -0.2) is 63.6 Å². The number of rotatable bonds is 5. The maximum Gasteiger partial charge on any atom is 0.159 e. The highest BCUT2D eigenvalue weighted by Crippen LogP contribution is 2.42. The fraction of sp³-hybridized carbons (Fsp3) is 0.480. The molecule has 5 heterocycles. The molecule has 2 aromatic heterocycles. The molecule has 3 aliphatic heterocycles. The lowest BCUT2D eigenvalue weighted by atomic mass is 9.96. The highest BCUT2D eigenvalue weighted by Gasteiger charge is 2.33. The first-order valence-electron chi connectivity index (χ1n) is 12.1. The van der Waals surface area contributed by atoms with Crippen LogP contribution in [0.5, 0.6) is 0 Å². The first kappa shape index (κ1) is 21.8. The van der Waals surface area contributed by atoms with Crippen LogP contribution in [0.25, 0.3) is 11.1 Å². The standard InChI is InChI=1S/C25H29ClN6O2/c1-29-14-18(13-27-29)20-11-17-3-2-6-31(24(17)12-22(20)26)25-21-15-30(8-9-33)7-4-23(21)32(28-25)19-5-10-34-16-19/h9,11-14,19H,2-8,10,15-16H2,1H3/t19-/m0/s1. The smallest absolute Gasteiger partial charge is 0.159 e. The van der Waals surface area contributed by atoms with Gasteiger partial charge < -0.3 is 14.4 Å². The first-order valence-corrected chi connectivity index (χ1v) is 12.4. The quantitative estimate of drug-likeness (QED) is 0.520. The summed E-state index contributed by atoms with van der Waals surface area (Å²) in [5.41, 5.74) is 6.98. The van der Waals surface area contributed by atoms with Crippen molar-refractivity contribution in [3.8, 4) is 11.1 Å². The fourth-order valence-electron chi connectivity index (χ4n) is 5.59. The summed E-state index contributed by atoms with van der Waals surface area (Å²) in [5.74, 6) is 1.00. The van der Waals surface area contributed by atoms with Crippen molar-refractivity contribution in [1.82, 2.24) is 24.5 Å².